The third-order valence-corrected chi connectivity index (χ3v) is 4.47. The molecule has 0 saturated heterocycles. The van der Waals surface area contributed by atoms with E-state index in [-0.39, 0.29) is 5.54 Å². The van der Waals surface area contributed by atoms with Gasteiger partial charge in [-0.25, -0.2) is 0 Å². The second-order valence-electron chi connectivity index (χ2n) is 4.41. The van der Waals surface area contributed by atoms with Crippen molar-refractivity contribution in [2.24, 2.45) is 5.73 Å². The zero-order valence-corrected chi connectivity index (χ0v) is 12.2. The van der Waals surface area contributed by atoms with Gasteiger partial charge in [0.2, 0.25) is 0 Å². The lowest BCUT2D eigenvalue weighted by atomic mass is 10.1. The summed E-state index contributed by atoms with van der Waals surface area (Å²) in [5.74, 6) is 0. The maximum atomic E-state index is 5.35. The third kappa shape index (κ3) is 12.0. The molecular weight excluding hydrogens is 210 g/mol. The van der Waals surface area contributed by atoms with Gasteiger partial charge in [0.15, 0.2) is 0 Å². The Kier molecular flexibility index (Phi) is 9.58. The van der Waals surface area contributed by atoms with Gasteiger partial charge in [0.1, 0.15) is 0 Å². The van der Waals surface area contributed by atoms with Crippen LogP contribution in [-0.4, -0.2) is 35.7 Å². The highest BCUT2D eigenvalue weighted by molar-refractivity contribution is 6.60. The van der Waals surface area contributed by atoms with E-state index in [2.05, 4.69) is 6.92 Å². The van der Waals surface area contributed by atoms with E-state index in [1.54, 1.807) is 21.3 Å². The van der Waals surface area contributed by atoms with Gasteiger partial charge in [-0.15, -0.1) is 0 Å². The van der Waals surface area contributed by atoms with Crippen LogP contribution in [0.2, 0.25) is 6.04 Å². The second-order valence-corrected chi connectivity index (χ2v) is 7.50. The minimum absolute atomic E-state index is 0. The van der Waals surface area contributed by atoms with Crippen LogP contribution in [0.4, 0.5) is 0 Å². The van der Waals surface area contributed by atoms with Gasteiger partial charge in [-0.1, -0.05) is 13.3 Å². The highest BCUT2D eigenvalue weighted by atomic mass is 28.4. The average molecular weight is 237 g/mol. The smallest absolute Gasteiger partial charge is 0.377 e. The van der Waals surface area contributed by atoms with Crippen LogP contribution < -0.4 is 5.73 Å². The molecule has 2 N–H and O–H groups in total. The van der Waals surface area contributed by atoms with E-state index in [9.17, 15) is 0 Å². The molecule has 5 heteroatoms. The summed E-state index contributed by atoms with van der Waals surface area (Å²) in [6.07, 6.45) is 1.03. The molecule has 0 heterocycles. The van der Waals surface area contributed by atoms with Gasteiger partial charge < -0.3 is 19.0 Å². The van der Waals surface area contributed by atoms with E-state index < -0.39 is 8.80 Å². The van der Waals surface area contributed by atoms with Crippen LogP contribution in [0.1, 0.15) is 34.1 Å². The molecule has 0 aromatic carbocycles. The summed E-state index contributed by atoms with van der Waals surface area (Å²) in [7, 11) is 2.68. The Morgan fingerprint density at radius 3 is 1.33 bits per heavy atom. The molecule has 0 spiro atoms. The quantitative estimate of drug-likeness (QED) is 0.743. The first-order valence-corrected chi connectivity index (χ1v) is 7.12. The van der Waals surface area contributed by atoms with Crippen LogP contribution in [0.15, 0.2) is 0 Å². The van der Waals surface area contributed by atoms with Crippen molar-refractivity contribution >= 4 is 8.80 Å². The van der Waals surface area contributed by atoms with Gasteiger partial charge in [0, 0.05) is 32.9 Å². The molecule has 0 fully saturated rings. The van der Waals surface area contributed by atoms with E-state index in [0.29, 0.717) is 0 Å². The third-order valence-electron chi connectivity index (χ3n) is 1.49. The summed E-state index contributed by atoms with van der Waals surface area (Å²) in [4.78, 5) is 0. The standard InChI is InChI=1S/C6H16O3Si.C4H11N/c1-5-6-10(7-2,8-3)9-4;1-4(2,3)5/h5-6H2,1-4H3;5H2,1-3H3. The molecule has 0 bridgehead atoms. The van der Waals surface area contributed by atoms with Crippen LogP contribution >= 0.6 is 0 Å². The van der Waals surface area contributed by atoms with Crippen molar-refractivity contribution in [3.8, 4) is 0 Å². The Morgan fingerprint density at radius 1 is 1.00 bits per heavy atom. The van der Waals surface area contributed by atoms with E-state index >= 15 is 0 Å². The first-order valence-electron chi connectivity index (χ1n) is 5.19. The summed E-state index contributed by atoms with van der Waals surface area (Å²) in [6, 6.07) is 0.885. The first kappa shape index (κ1) is 17.5. The Morgan fingerprint density at radius 2 is 1.27 bits per heavy atom. The molecular formula is C10H27NO3Si. The maximum Gasteiger partial charge on any atom is 0.500 e. The predicted molar refractivity (Wildman–Crippen MR) is 65.8 cm³/mol. The summed E-state index contributed by atoms with van der Waals surface area (Å²) in [5, 5.41) is 0. The molecule has 0 aromatic heterocycles. The SMILES string of the molecule is CC(C)(C)N.CCC[Si](OC)(OC)OC. The fourth-order valence-electron chi connectivity index (χ4n) is 0.862. The molecule has 0 aromatic rings. The summed E-state index contributed by atoms with van der Waals surface area (Å²) >= 11 is 0. The molecule has 0 aliphatic carbocycles. The molecule has 0 radical (unpaired) electrons. The molecule has 0 atom stereocenters. The zero-order valence-electron chi connectivity index (χ0n) is 11.2. The summed E-state index contributed by atoms with van der Waals surface area (Å²) in [5.41, 5.74) is 5.35. The monoisotopic (exact) mass is 237 g/mol. The van der Waals surface area contributed by atoms with Gasteiger partial charge >= 0.3 is 8.80 Å². The van der Waals surface area contributed by atoms with Gasteiger partial charge in [-0.3, -0.25) is 0 Å². The van der Waals surface area contributed by atoms with Gasteiger partial charge in [0.25, 0.3) is 0 Å². The molecule has 0 unspecified atom stereocenters. The summed E-state index contributed by atoms with van der Waals surface area (Å²) in [6.45, 7) is 7.98. The minimum atomic E-state index is -2.22. The number of nitrogens with two attached hydrogens (primary N) is 1. The zero-order chi connectivity index (χ0) is 12.5. The van der Waals surface area contributed by atoms with E-state index in [1.807, 2.05) is 20.8 Å². The second kappa shape index (κ2) is 8.24. The number of hydrogen-bond donors (Lipinski definition) is 1. The lowest BCUT2D eigenvalue weighted by Crippen LogP contribution is -2.42. The van der Waals surface area contributed by atoms with Crippen LogP contribution in [0.25, 0.3) is 0 Å². The van der Waals surface area contributed by atoms with Crippen LogP contribution in [0.3, 0.4) is 0 Å². The number of hydrogen-bond acceptors (Lipinski definition) is 4. The molecule has 94 valence electrons. The van der Waals surface area contributed by atoms with E-state index in [0.717, 1.165) is 12.5 Å². The molecule has 15 heavy (non-hydrogen) atoms. The van der Waals surface area contributed by atoms with Crippen molar-refractivity contribution in [1.82, 2.24) is 0 Å². The van der Waals surface area contributed by atoms with Crippen LogP contribution in [0.5, 0.6) is 0 Å². The van der Waals surface area contributed by atoms with Crippen molar-refractivity contribution in [2.45, 2.75) is 45.7 Å². The topological polar surface area (TPSA) is 53.7 Å². The van der Waals surface area contributed by atoms with Crippen molar-refractivity contribution in [3.05, 3.63) is 0 Å². The fraction of sp³-hybridized carbons (Fsp3) is 1.00. The van der Waals surface area contributed by atoms with E-state index in [1.165, 1.54) is 0 Å². The van der Waals surface area contributed by atoms with E-state index in [4.69, 9.17) is 19.0 Å². The predicted octanol–water partition coefficient (Wildman–Crippen LogP) is 2.02. The Balaban J connectivity index is 0. The molecule has 0 rings (SSSR count). The molecule has 0 saturated carbocycles. The van der Waals surface area contributed by atoms with Crippen LogP contribution in [0, 0.1) is 0 Å². The molecule has 0 amide bonds. The Bertz CT molecular complexity index is 130. The lowest BCUT2D eigenvalue weighted by molar-refractivity contribution is 0.123. The first-order chi connectivity index (χ1) is 6.74. The van der Waals surface area contributed by atoms with Crippen molar-refractivity contribution < 1.29 is 13.3 Å². The largest absolute Gasteiger partial charge is 0.500 e. The normalized spacial score (nSPS) is 12.0. The molecule has 0 aliphatic heterocycles. The highest BCUT2D eigenvalue weighted by Gasteiger charge is 2.36. The average Bonchev–Trinajstić information content (AvgIpc) is 2.12. The Labute approximate surface area is 95.5 Å². The molecule has 0 aliphatic rings. The highest BCUT2D eigenvalue weighted by Crippen LogP contribution is 2.13. The maximum absolute atomic E-state index is 5.35. The number of rotatable bonds is 5. The van der Waals surface area contributed by atoms with Gasteiger partial charge in [-0.2, -0.15) is 0 Å². The Hall–Kier alpha value is 0.0569. The minimum Gasteiger partial charge on any atom is -0.377 e. The van der Waals surface area contributed by atoms with Crippen molar-refractivity contribution in [2.75, 3.05) is 21.3 Å². The van der Waals surface area contributed by atoms with Crippen molar-refractivity contribution in [3.63, 3.8) is 0 Å². The molecule has 4 nitrogen and oxygen atoms in total. The van der Waals surface area contributed by atoms with Crippen molar-refractivity contribution in [1.29, 1.82) is 0 Å². The lowest BCUT2D eigenvalue weighted by Gasteiger charge is -2.23. The van der Waals surface area contributed by atoms with Crippen LogP contribution in [-0.2, 0) is 13.3 Å². The van der Waals surface area contributed by atoms with Gasteiger partial charge in [0.05, 0.1) is 0 Å². The summed E-state index contributed by atoms with van der Waals surface area (Å²) < 4.78 is 15.5. The fourth-order valence-corrected chi connectivity index (χ4v) is 2.59. The van der Waals surface area contributed by atoms with Gasteiger partial charge in [-0.05, 0) is 20.8 Å².